The molecule has 0 amide bonds. The van der Waals surface area contributed by atoms with Gasteiger partial charge in [0.05, 0.1) is 6.10 Å². The van der Waals surface area contributed by atoms with Gasteiger partial charge in [0, 0.05) is 31.0 Å². The Morgan fingerprint density at radius 3 is 2.33 bits per heavy atom. The molecule has 2 aromatic carbocycles. The molecule has 3 aromatic rings. The summed E-state index contributed by atoms with van der Waals surface area (Å²) < 4.78 is 0.765. The van der Waals surface area contributed by atoms with Crippen LogP contribution in [0.25, 0.3) is 10.9 Å². The molecule has 1 aromatic heterocycles. The van der Waals surface area contributed by atoms with Crippen molar-refractivity contribution in [2.75, 3.05) is 6.54 Å². The molecule has 7 heteroatoms. The summed E-state index contributed by atoms with van der Waals surface area (Å²) >= 11 is 0. The lowest BCUT2D eigenvalue weighted by molar-refractivity contribution is -0.141. The Kier molecular flexibility index (Phi) is 6.54. The fourth-order valence-electron chi connectivity index (χ4n) is 4.81. The molecule has 0 bridgehead atoms. The number of benzene rings is 2. The molecule has 0 spiro atoms. The summed E-state index contributed by atoms with van der Waals surface area (Å²) in [6.45, 7) is 5.86. The number of carbonyl (C=O) groups excluding carboxylic acids is 1. The molecule has 0 aliphatic heterocycles. The van der Waals surface area contributed by atoms with Gasteiger partial charge in [0.15, 0.2) is 0 Å². The van der Waals surface area contributed by atoms with Gasteiger partial charge in [0.2, 0.25) is 0 Å². The molecule has 0 saturated carbocycles. The first kappa shape index (κ1) is 23.0. The van der Waals surface area contributed by atoms with Crippen LogP contribution in [-0.2, 0) is 30.5 Å². The maximum atomic E-state index is 12.2. The minimum absolute atomic E-state index is 0.0571. The number of aromatic hydroxyl groups is 1. The highest BCUT2D eigenvalue weighted by atomic mass is 16.7. The monoisotopic (exact) mass is 450 g/mol. The molecule has 0 unspecified atom stereocenters. The van der Waals surface area contributed by atoms with E-state index < -0.39 is 17.6 Å². The number of pyridine rings is 1. The zero-order valence-corrected chi connectivity index (χ0v) is 19.2. The fraction of sp³-hybridized carbons (Fsp3) is 0.385. The summed E-state index contributed by atoms with van der Waals surface area (Å²) in [5.41, 5.74) is 5.57. The predicted molar refractivity (Wildman–Crippen MR) is 126 cm³/mol. The normalized spacial score (nSPS) is 14.4. The molecule has 3 N–H and O–H groups in total. The molecule has 1 aliphatic rings. The minimum Gasteiger partial charge on any atom is -0.506 e. The van der Waals surface area contributed by atoms with Crippen LogP contribution in [0, 0.1) is 0 Å². The van der Waals surface area contributed by atoms with Crippen molar-refractivity contribution in [1.82, 2.24) is 10.0 Å². The summed E-state index contributed by atoms with van der Waals surface area (Å²) in [5, 5.41) is 25.2. The Balaban J connectivity index is 1.54. The number of phenols is 1. The fourth-order valence-corrected chi connectivity index (χ4v) is 4.81. The van der Waals surface area contributed by atoms with Crippen LogP contribution < -0.4 is 15.7 Å². The Morgan fingerprint density at radius 2 is 1.76 bits per heavy atom. The number of aryl methyl sites for hydroxylation is 2. The zero-order chi connectivity index (χ0) is 23.7. The van der Waals surface area contributed by atoms with Gasteiger partial charge in [-0.2, -0.15) is 0 Å². The van der Waals surface area contributed by atoms with E-state index in [1.165, 1.54) is 47.4 Å². The molecule has 7 nitrogen and oxygen atoms in total. The lowest BCUT2D eigenvalue weighted by Gasteiger charge is -2.19. The van der Waals surface area contributed by atoms with Crippen LogP contribution in [0.5, 0.6) is 5.75 Å². The van der Waals surface area contributed by atoms with Crippen LogP contribution in [0.3, 0.4) is 0 Å². The second-order valence-electron chi connectivity index (χ2n) is 8.61. The maximum Gasteiger partial charge on any atom is 0.330 e. The molecular weight excluding hydrogens is 420 g/mol. The van der Waals surface area contributed by atoms with Gasteiger partial charge in [-0.1, -0.05) is 32.0 Å². The topological polar surface area (TPSA) is 101 Å². The van der Waals surface area contributed by atoms with E-state index in [0.29, 0.717) is 17.5 Å². The second-order valence-corrected chi connectivity index (χ2v) is 8.61. The van der Waals surface area contributed by atoms with Crippen molar-refractivity contribution >= 4 is 16.9 Å². The summed E-state index contributed by atoms with van der Waals surface area (Å²) in [6.07, 6.45) is 3.01. The third-order valence-electron chi connectivity index (χ3n) is 6.42. The van der Waals surface area contributed by atoms with E-state index in [-0.39, 0.29) is 17.3 Å². The van der Waals surface area contributed by atoms with Crippen molar-refractivity contribution in [3.63, 3.8) is 0 Å². The molecule has 0 saturated heterocycles. The lowest BCUT2D eigenvalue weighted by Crippen LogP contribution is -2.33. The molecule has 1 heterocycles. The molecule has 174 valence electrons. The number of aliphatic hydroxyl groups excluding tert-OH is 1. The van der Waals surface area contributed by atoms with Crippen LogP contribution >= 0.6 is 0 Å². The molecule has 1 atom stereocenters. The molecule has 33 heavy (non-hydrogen) atoms. The van der Waals surface area contributed by atoms with Crippen LogP contribution in [-0.4, -0.2) is 33.5 Å². The third kappa shape index (κ3) is 4.51. The van der Waals surface area contributed by atoms with Crippen LogP contribution in [0.4, 0.5) is 0 Å². The van der Waals surface area contributed by atoms with Crippen molar-refractivity contribution in [1.29, 1.82) is 0 Å². The molecule has 4 rings (SSSR count). The van der Waals surface area contributed by atoms with E-state index in [9.17, 15) is 19.8 Å². The smallest absolute Gasteiger partial charge is 0.330 e. The van der Waals surface area contributed by atoms with Gasteiger partial charge in [0.25, 0.3) is 5.56 Å². The van der Waals surface area contributed by atoms with Gasteiger partial charge >= 0.3 is 5.97 Å². The quantitative estimate of drug-likeness (QED) is 0.512. The number of fused-ring (bicyclic) bond motifs is 2. The average molecular weight is 451 g/mol. The third-order valence-corrected chi connectivity index (χ3v) is 6.42. The van der Waals surface area contributed by atoms with Gasteiger partial charge in [-0.05, 0) is 65.6 Å². The highest BCUT2D eigenvalue weighted by Crippen LogP contribution is 2.31. The lowest BCUT2D eigenvalue weighted by atomic mass is 9.97. The number of nitrogens with zero attached hydrogens (tertiary/aromatic N) is 1. The van der Waals surface area contributed by atoms with Crippen molar-refractivity contribution in [2.45, 2.75) is 58.6 Å². The maximum absolute atomic E-state index is 12.2. The van der Waals surface area contributed by atoms with Crippen LogP contribution in [0.15, 0.2) is 41.2 Å². The number of aliphatic hydroxyl groups is 1. The van der Waals surface area contributed by atoms with Crippen LogP contribution in [0.1, 0.15) is 54.7 Å². The SMILES string of the molecule is CCc1cc2c(cc1CC)CC(NC[C@H](O)c1ccc(O)c3c1ccc(=O)n3OC(C)=O)C2. The van der Waals surface area contributed by atoms with E-state index in [1.807, 2.05) is 0 Å². The number of hydrogen-bond acceptors (Lipinski definition) is 6. The number of hydrogen-bond donors (Lipinski definition) is 3. The number of rotatable bonds is 7. The van der Waals surface area contributed by atoms with Gasteiger partial charge in [-0.15, -0.1) is 4.73 Å². The van der Waals surface area contributed by atoms with E-state index >= 15 is 0 Å². The minimum atomic E-state index is -0.877. The highest BCUT2D eigenvalue weighted by Gasteiger charge is 2.24. The average Bonchev–Trinajstić information content (AvgIpc) is 3.19. The van der Waals surface area contributed by atoms with Crippen molar-refractivity contribution in [3.8, 4) is 5.75 Å². The number of carbonyl (C=O) groups is 1. The van der Waals surface area contributed by atoms with Crippen molar-refractivity contribution in [3.05, 3.63) is 74.6 Å². The van der Waals surface area contributed by atoms with Crippen molar-refractivity contribution < 1.29 is 19.8 Å². The Labute approximate surface area is 192 Å². The molecular formula is C26H30N2O5. The van der Waals surface area contributed by atoms with E-state index in [1.54, 1.807) is 6.07 Å². The predicted octanol–water partition coefficient (Wildman–Crippen LogP) is 2.60. The first-order valence-corrected chi connectivity index (χ1v) is 11.4. The zero-order valence-electron chi connectivity index (χ0n) is 19.2. The summed E-state index contributed by atoms with van der Waals surface area (Å²) in [4.78, 5) is 28.6. The standard InChI is InChI=1S/C26H30N2O5/c1-4-16-10-18-12-20(13-19(18)11-17(16)5-2)27-14-24(31)21-6-8-23(30)26-22(21)7-9-25(32)28(26)33-15(3)29/h6-11,20,24,27,30-31H,4-5,12-14H2,1-3H3/t24-/m0/s1. The van der Waals surface area contributed by atoms with E-state index in [2.05, 4.69) is 31.3 Å². The van der Waals surface area contributed by atoms with E-state index in [4.69, 9.17) is 4.84 Å². The summed E-state index contributed by atoms with van der Waals surface area (Å²) in [5.74, 6) is -0.896. The molecule has 1 aliphatic carbocycles. The first-order valence-electron chi connectivity index (χ1n) is 11.4. The molecule has 0 radical (unpaired) electrons. The van der Waals surface area contributed by atoms with Gasteiger partial charge < -0.3 is 20.4 Å². The Bertz CT molecular complexity index is 1230. The second kappa shape index (κ2) is 9.37. The van der Waals surface area contributed by atoms with E-state index in [0.717, 1.165) is 30.4 Å². The highest BCUT2D eigenvalue weighted by molar-refractivity contribution is 5.88. The molecule has 0 fully saturated rings. The number of nitrogens with one attached hydrogen (secondary N) is 1. The summed E-state index contributed by atoms with van der Waals surface area (Å²) in [7, 11) is 0. The first-order chi connectivity index (χ1) is 15.8. The number of aromatic nitrogens is 1. The Morgan fingerprint density at radius 1 is 1.12 bits per heavy atom. The van der Waals surface area contributed by atoms with Crippen LogP contribution in [0.2, 0.25) is 0 Å². The van der Waals surface area contributed by atoms with Crippen molar-refractivity contribution in [2.24, 2.45) is 0 Å². The van der Waals surface area contributed by atoms with Gasteiger partial charge in [-0.3, -0.25) is 4.79 Å². The Hall–Kier alpha value is -3.16. The van der Waals surface area contributed by atoms with Gasteiger partial charge in [0.1, 0.15) is 11.3 Å². The largest absolute Gasteiger partial charge is 0.506 e. The number of phenolic OH excluding ortho intramolecular Hbond substituents is 1. The summed E-state index contributed by atoms with van der Waals surface area (Å²) in [6, 6.07) is 10.7. The van der Waals surface area contributed by atoms with Gasteiger partial charge in [-0.25, -0.2) is 4.79 Å².